The summed E-state index contributed by atoms with van der Waals surface area (Å²) in [6, 6.07) is 23.1. The number of nitrogens with two attached hydrogens (primary N) is 1. The lowest BCUT2D eigenvalue weighted by atomic mass is 9.92. The molecule has 0 aliphatic heterocycles. The quantitative estimate of drug-likeness (QED) is 0.490. The third-order valence-corrected chi connectivity index (χ3v) is 5.42. The van der Waals surface area contributed by atoms with Gasteiger partial charge in [-0.1, -0.05) is 65.7 Å². The Bertz CT molecular complexity index is 1200. The number of rotatable bonds is 5. The van der Waals surface area contributed by atoms with Crippen LogP contribution in [0.15, 0.2) is 72.8 Å². The van der Waals surface area contributed by atoms with Gasteiger partial charge in [0.15, 0.2) is 0 Å². The summed E-state index contributed by atoms with van der Waals surface area (Å²) < 4.78 is 0. The van der Waals surface area contributed by atoms with E-state index in [0.29, 0.717) is 12.0 Å². The Kier molecular flexibility index (Phi) is 5.23. The number of nitrogens with one attached hydrogen (secondary N) is 1. The van der Waals surface area contributed by atoms with Crippen LogP contribution in [0.3, 0.4) is 0 Å². The van der Waals surface area contributed by atoms with Gasteiger partial charge in [-0.05, 0) is 59.2 Å². The molecular weight excluding hydrogens is 372 g/mol. The summed E-state index contributed by atoms with van der Waals surface area (Å²) in [5, 5.41) is 7.15. The van der Waals surface area contributed by atoms with E-state index in [0.717, 1.165) is 38.2 Å². The number of fused-ring (bicyclic) bond motifs is 2. The molecule has 4 heteroatoms. The van der Waals surface area contributed by atoms with Crippen LogP contribution in [-0.2, 0) is 11.2 Å². The average Bonchev–Trinajstić information content (AvgIpc) is 2.72. The van der Waals surface area contributed by atoms with E-state index in [2.05, 4.69) is 23.5 Å². The van der Waals surface area contributed by atoms with Crippen molar-refractivity contribution in [1.82, 2.24) is 5.32 Å². The molecule has 3 N–H and O–H groups in total. The first-order valence-electron chi connectivity index (χ1n) is 10.0. The number of benzene rings is 4. The zero-order chi connectivity index (χ0) is 21.3. The minimum Gasteiger partial charge on any atom is -0.368 e. The number of primary amides is 1. The lowest BCUT2D eigenvalue weighted by Crippen LogP contribution is -2.46. The van der Waals surface area contributed by atoms with Crippen molar-refractivity contribution >= 4 is 33.4 Å². The largest absolute Gasteiger partial charge is 0.368 e. The van der Waals surface area contributed by atoms with Crippen molar-refractivity contribution in [3.63, 3.8) is 0 Å². The van der Waals surface area contributed by atoms with E-state index >= 15 is 0 Å². The Balaban J connectivity index is 1.73. The standard InChI is InChI=1S/C26H24N2O2/c1-16-11-17(2)13-20(12-16)26(30)28-24(25(27)29)15-23-21-9-5-3-7-18(21)14-19-8-4-6-10-22(19)23/h3-14,24H,15H2,1-2H3,(H2,27,29)(H,28,30)/t24-/m1/s1. The van der Waals surface area contributed by atoms with Gasteiger partial charge in [0.25, 0.3) is 5.91 Å². The topological polar surface area (TPSA) is 72.2 Å². The van der Waals surface area contributed by atoms with Gasteiger partial charge >= 0.3 is 0 Å². The monoisotopic (exact) mass is 396 g/mol. The van der Waals surface area contributed by atoms with Crippen molar-refractivity contribution < 1.29 is 9.59 Å². The van der Waals surface area contributed by atoms with Gasteiger partial charge in [0.05, 0.1) is 0 Å². The van der Waals surface area contributed by atoms with Crippen molar-refractivity contribution in [2.24, 2.45) is 5.73 Å². The summed E-state index contributed by atoms with van der Waals surface area (Å²) in [5.74, 6) is -0.847. The SMILES string of the molecule is Cc1cc(C)cc(C(=O)N[C@H](Cc2c3ccccc3cc3ccccc23)C(N)=O)c1. The highest BCUT2D eigenvalue weighted by Gasteiger charge is 2.22. The Morgan fingerprint density at radius 2 is 1.37 bits per heavy atom. The van der Waals surface area contributed by atoms with Gasteiger partial charge in [0, 0.05) is 12.0 Å². The predicted octanol–water partition coefficient (Wildman–Crippen LogP) is 4.44. The third-order valence-electron chi connectivity index (χ3n) is 5.42. The Hall–Kier alpha value is -3.66. The van der Waals surface area contributed by atoms with Crippen molar-refractivity contribution in [3.8, 4) is 0 Å². The Labute approximate surface area is 175 Å². The summed E-state index contributed by atoms with van der Waals surface area (Å²) in [5.41, 5.74) is 9.23. The number of hydrogen-bond donors (Lipinski definition) is 2. The molecule has 0 fully saturated rings. The van der Waals surface area contributed by atoms with Crippen LogP contribution in [0.2, 0.25) is 0 Å². The summed E-state index contributed by atoms with van der Waals surface area (Å²) in [4.78, 5) is 25.1. The van der Waals surface area contributed by atoms with Crippen LogP contribution in [0.1, 0.15) is 27.0 Å². The van der Waals surface area contributed by atoms with E-state index in [9.17, 15) is 9.59 Å². The molecule has 4 aromatic rings. The second kappa shape index (κ2) is 7.99. The molecule has 30 heavy (non-hydrogen) atoms. The fourth-order valence-electron chi connectivity index (χ4n) is 4.10. The molecule has 0 radical (unpaired) electrons. The molecule has 0 aliphatic carbocycles. The molecule has 0 aliphatic rings. The molecule has 4 aromatic carbocycles. The predicted molar refractivity (Wildman–Crippen MR) is 122 cm³/mol. The van der Waals surface area contributed by atoms with Crippen LogP contribution >= 0.6 is 0 Å². The molecule has 0 unspecified atom stereocenters. The first kappa shape index (κ1) is 19.6. The minimum absolute atomic E-state index is 0.296. The van der Waals surface area contributed by atoms with Crippen molar-refractivity contribution in [2.75, 3.05) is 0 Å². The van der Waals surface area contributed by atoms with E-state index in [1.807, 2.05) is 68.4 Å². The molecule has 0 saturated heterocycles. The normalized spacial score (nSPS) is 12.1. The van der Waals surface area contributed by atoms with Gasteiger partial charge in [-0.3, -0.25) is 9.59 Å². The molecule has 0 saturated carbocycles. The maximum Gasteiger partial charge on any atom is 0.251 e. The second-order valence-corrected chi connectivity index (χ2v) is 7.81. The van der Waals surface area contributed by atoms with Crippen LogP contribution < -0.4 is 11.1 Å². The third kappa shape index (κ3) is 3.90. The minimum atomic E-state index is -0.812. The number of carbonyl (C=O) groups is 2. The highest BCUT2D eigenvalue weighted by atomic mass is 16.2. The molecule has 0 aromatic heterocycles. The van der Waals surface area contributed by atoms with E-state index < -0.39 is 11.9 Å². The summed E-state index contributed by atoms with van der Waals surface area (Å²) in [6.07, 6.45) is 0.327. The van der Waals surface area contributed by atoms with E-state index in [4.69, 9.17) is 5.73 Å². The van der Waals surface area contributed by atoms with Crippen molar-refractivity contribution in [2.45, 2.75) is 26.3 Å². The maximum atomic E-state index is 12.9. The maximum absolute atomic E-state index is 12.9. The molecule has 0 bridgehead atoms. The zero-order valence-electron chi connectivity index (χ0n) is 17.1. The number of hydrogen-bond acceptors (Lipinski definition) is 2. The molecule has 0 spiro atoms. The van der Waals surface area contributed by atoms with E-state index in [1.165, 1.54) is 0 Å². The summed E-state index contributed by atoms with van der Waals surface area (Å²) in [7, 11) is 0. The van der Waals surface area contributed by atoms with Gasteiger partial charge in [-0.2, -0.15) is 0 Å². The van der Waals surface area contributed by atoms with Crippen LogP contribution in [0.5, 0.6) is 0 Å². The van der Waals surface area contributed by atoms with Gasteiger partial charge in [0.2, 0.25) is 5.91 Å². The molecular formula is C26H24N2O2. The fourth-order valence-corrected chi connectivity index (χ4v) is 4.10. The van der Waals surface area contributed by atoms with Crippen molar-refractivity contribution in [1.29, 1.82) is 0 Å². The van der Waals surface area contributed by atoms with Crippen LogP contribution in [0.4, 0.5) is 0 Å². The zero-order valence-corrected chi connectivity index (χ0v) is 17.1. The first-order valence-corrected chi connectivity index (χ1v) is 10.0. The summed E-state index contributed by atoms with van der Waals surface area (Å²) >= 11 is 0. The lowest BCUT2D eigenvalue weighted by molar-refractivity contribution is -0.119. The van der Waals surface area contributed by atoms with Crippen LogP contribution in [0, 0.1) is 13.8 Å². The van der Waals surface area contributed by atoms with Gasteiger partial charge in [0.1, 0.15) is 6.04 Å². The highest BCUT2D eigenvalue weighted by molar-refractivity contribution is 6.03. The van der Waals surface area contributed by atoms with E-state index in [-0.39, 0.29) is 5.91 Å². The second-order valence-electron chi connectivity index (χ2n) is 7.81. The Morgan fingerprint density at radius 1 is 0.833 bits per heavy atom. The van der Waals surface area contributed by atoms with Crippen molar-refractivity contribution in [3.05, 3.63) is 95.1 Å². The number of amides is 2. The average molecular weight is 396 g/mol. The lowest BCUT2D eigenvalue weighted by Gasteiger charge is -2.19. The first-order chi connectivity index (χ1) is 14.4. The number of aryl methyl sites for hydroxylation is 2. The molecule has 150 valence electrons. The molecule has 4 rings (SSSR count). The fraction of sp³-hybridized carbons (Fsp3) is 0.154. The van der Waals surface area contributed by atoms with Gasteiger partial charge < -0.3 is 11.1 Å². The van der Waals surface area contributed by atoms with Gasteiger partial charge in [-0.15, -0.1) is 0 Å². The molecule has 1 atom stereocenters. The highest BCUT2D eigenvalue weighted by Crippen LogP contribution is 2.29. The van der Waals surface area contributed by atoms with Crippen LogP contribution in [0.25, 0.3) is 21.5 Å². The number of carbonyl (C=O) groups excluding carboxylic acids is 2. The smallest absolute Gasteiger partial charge is 0.251 e. The summed E-state index contributed by atoms with van der Waals surface area (Å²) in [6.45, 7) is 3.88. The van der Waals surface area contributed by atoms with E-state index in [1.54, 1.807) is 0 Å². The molecule has 2 amide bonds. The van der Waals surface area contributed by atoms with Gasteiger partial charge in [-0.25, -0.2) is 0 Å². The Morgan fingerprint density at radius 3 is 1.90 bits per heavy atom. The molecule has 4 nitrogen and oxygen atoms in total. The van der Waals surface area contributed by atoms with Crippen LogP contribution in [-0.4, -0.2) is 17.9 Å². The molecule has 0 heterocycles.